The molecule has 0 saturated carbocycles. The molecule has 1 aromatic heterocycles. The van der Waals surface area contributed by atoms with Crippen molar-refractivity contribution < 1.29 is 22.1 Å². The first kappa shape index (κ1) is 26.7. The maximum absolute atomic E-state index is 12.6. The molecule has 38 heavy (non-hydrogen) atoms. The van der Waals surface area contributed by atoms with Crippen LogP contribution in [0.1, 0.15) is 39.2 Å². The van der Waals surface area contributed by atoms with Gasteiger partial charge in [0, 0.05) is 51.1 Å². The molecule has 0 radical (unpaired) electrons. The number of nitrogens with zero attached hydrogens (tertiary/aromatic N) is 5. The number of hydrogen-bond acceptors (Lipinski definition) is 9. The highest BCUT2D eigenvalue weighted by Crippen LogP contribution is 2.34. The Labute approximate surface area is 225 Å². The van der Waals surface area contributed by atoms with E-state index in [-0.39, 0.29) is 17.1 Å². The standard InChI is InChI=1S/C27H37N5O5S/c1-19-5-7-24(8-6-19)38(34,35)37-23-9-11-30(12-10-23)22-13-28-25(29-14-22)31-15-20-17-32(18-21(20)16-31)26(33)36-27(2,3)4/h5-8,13-14,20-21,23H,9-12,15-18H2,1-4H3. The van der Waals surface area contributed by atoms with Gasteiger partial charge < -0.3 is 19.4 Å². The van der Waals surface area contributed by atoms with Crippen molar-refractivity contribution in [3.05, 3.63) is 42.2 Å². The number of benzene rings is 1. The number of likely N-dealkylation sites (tertiary alicyclic amines) is 1. The summed E-state index contributed by atoms with van der Waals surface area (Å²) in [4.78, 5) is 28.1. The monoisotopic (exact) mass is 543 g/mol. The molecule has 0 bridgehead atoms. The van der Waals surface area contributed by atoms with E-state index >= 15 is 0 Å². The molecule has 3 aliphatic rings. The lowest BCUT2D eigenvalue weighted by atomic mass is 10.0. The fourth-order valence-corrected chi connectivity index (χ4v) is 6.55. The van der Waals surface area contributed by atoms with Crippen LogP contribution in [-0.4, -0.2) is 80.4 Å². The second-order valence-corrected chi connectivity index (χ2v) is 13.2. The van der Waals surface area contributed by atoms with Gasteiger partial charge in [-0.3, -0.25) is 4.18 Å². The Morgan fingerprint density at radius 3 is 2.05 bits per heavy atom. The number of ether oxygens (including phenoxy) is 1. The summed E-state index contributed by atoms with van der Waals surface area (Å²) in [6.45, 7) is 12.0. The molecule has 0 spiro atoms. The van der Waals surface area contributed by atoms with Gasteiger partial charge in [0.25, 0.3) is 10.1 Å². The van der Waals surface area contributed by atoms with Crippen LogP contribution in [0.3, 0.4) is 0 Å². The second-order valence-electron chi connectivity index (χ2n) is 11.6. The number of aryl methyl sites for hydroxylation is 1. The van der Waals surface area contributed by atoms with E-state index in [0.29, 0.717) is 56.8 Å². The van der Waals surface area contributed by atoms with Gasteiger partial charge in [0.2, 0.25) is 5.95 Å². The molecule has 5 rings (SSSR count). The molecule has 3 aliphatic heterocycles. The van der Waals surface area contributed by atoms with Crippen LogP contribution in [0.15, 0.2) is 41.6 Å². The first-order chi connectivity index (χ1) is 18.0. The quantitative estimate of drug-likeness (QED) is 0.524. The normalized spacial score (nSPS) is 22.6. The smallest absolute Gasteiger partial charge is 0.410 e. The average molecular weight is 544 g/mol. The molecule has 4 heterocycles. The number of carbonyl (C=O) groups is 1. The zero-order valence-corrected chi connectivity index (χ0v) is 23.4. The van der Waals surface area contributed by atoms with Crippen molar-refractivity contribution in [3.63, 3.8) is 0 Å². The summed E-state index contributed by atoms with van der Waals surface area (Å²) in [5.74, 6) is 1.48. The van der Waals surface area contributed by atoms with Gasteiger partial charge in [-0.05, 0) is 52.7 Å². The number of fused-ring (bicyclic) bond motifs is 1. The Bertz CT molecular complexity index is 1220. The van der Waals surface area contributed by atoms with E-state index in [9.17, 15) is 13.2 Å². The number of anilines is 2. The van der Waals surface area contributed by atoms with Crippen molar-refractivity contribution in [2.24, 2.45) is 11.8 Å². The van der Waals surface area contributed by atoms with Crippen molar-refractivity contribution in [1.82, 2.24) is 14.9 Å². The minimum Gasteiger partial charge on any atom is -0.444 e. The molecule has 11 heteroatoms. The van der Waals surface area contributed by atoms with Crippen molar-refractivity contribution in [1.29, 1.82) is 0 Å². The third-order valence-corrected chi connectivity index (χ3v) is 8.80. The average Bonchev–Trinajstić information content (AvgIpc) is 3.44. The number of carbonyl (C=O) groups excluding carboxylic acids is 1. The van der Waals surface area contributed by atoms with Gasteiger partial charge in [-0.1, -0.05) is 17.7 Å². The van der Waals surface area contributed by atoms with Gasteiger partial charge in [0.05, 0.1) is 29.1 Å². The van der Waals surface area contributed by atoms with Crippen molar-refractivity contribution in [2.75, 3.05) is 49.1 Å². The maximum Gasteiger partial charge on any atom is 0.410 e. The molecule has 0 N–H and O–H groups in total. The minimum absolute atomic E-state index is 0.193. The zero-order valence-electron chi connectivity index (χ0n) is 22.5. The number of piperidine rings is 1. The van der Waals surface area contributed by atoms with Crippen LogP contribution in [0.4, 0.5) is 16.4 Å². The number of rotatable bonds is 5. The Balaban J connectivity index is 1.11. The summed E-state index contributed by atoms with van der Waals surface area (Å²) >= 11 is 0. The second kappa shape index (κ2) is 10.3. The summed E-state index contributed by atoms with van der Waals surface area (Å²) in [7, 11) is -3.77. The highest BCUT2D eigenvalue weighted by molar-refractivity contribution is 7.86. The van der Waals surface area contributed by atoms with Crippen LogP contribution in [0.2, 0.25) is 0 Å². The van der Waals surface area contributed by atoms with Crippen LogP contribution >= 0.6 is 0 Å². The van der Waals surface area contributed by atoms with Crippen LogP contribution in [-0.2, 0) is 19.0 Å². The molecule has 2 unspecified atom stereocenters. The van der Waals surface area contributed by atoms with E-state index < -0.39 is 15.7 Å². The summed E-state index contributed by atoms with van der Waals surface area (Å²) < 4.78 is 36.3. The van der Waals surface area contributed by atoms with E-state index in [1.54, 1.807) is 24.3 Å². The van der Waals surface area contributed by atoms with Crippen molar-refractivity contribution >= 4 is 27.8 Å². The fourth-order valence-electron chi connectivity index (χ4n) is 5.42. The highest BCUT2D eigenvalue weighted by atomic mass is 32.2. The van der Waals surface area contributed by atoms with Crippen LogP contribution < -0.4 is 9.80 Å². The van der Waals surface area contributed by atoms with Crippen molar-refractivity contribution in [2.45, 2.75) is 57.1 Å². The Morgan fingerprint density at radius 2 is 1.50 bits per heavy atom. The SMILES string of the molecule is Cc1ccc(S(=O)(=O)OC2CCN(c3cnc(N4CC5CN(C(=O)OC(C)(C)C)CC5C4)nc3)CC2)cc1. The van der Waals surface area contributed by atoms with Crippen LogP contribution in [0.5, 0.6) is 0 Å². The lowest BCUT2D eigenvalue weighted by Gasteiger charge is -2.32. The van der Waals surface area contributed by atoms with Gasteiger partial charge >= 0.3 is 6.09 Å². The van der Waals surface area contributed by atoms with Gasteiger partial charge in [-0.2, -0.15) is 8.42 Å². The Hall–Kier alpha value is -2.92. The molecule has 3 fully saturated rings. The minimum atomic E-state index is -3.77. The predicted octanol–water partition coefficient (Wildman–Crippen LogP) is 3.46. The van der Waals surface area contributed by atoms with Gasteiger partial charge in [-0.15, -0.1) is 0 Å². The van der Waals surface area contributed by atoms with Gasteiger partial charge in [0.15, 0.2) is 0 Å². The van der Waals surface area contributed by atoms with Crippen LogP contribution in [0, 0.1) is 18.8 Å². The fraction of sp³-hybridized carbons (Fsp3) is 0.593. The van der Waals surface area contributed by atoms with E-state index in [0.717, 1.165) is 24.3 Å². The lowest BCUT2D eigenvalue weighted by Crippen LogP contribution is -2.38. The van der Waals surface area contributed by atoms with Gasteiger partial charge in [-0.25, -0.2) is 14.8 Å². The Kier molecular flexibility index (Phi) is 7.25. The molecule has 2 aromatic rings. The molecule has 2 atom stereocenters. The lowest BCUT2D eigenvalue weighted by molar-refractivity contribution is 0.0282. The highest BCUT2D eigenvalue weighted by Gasteiger charge is 2.43. The van der Waals surface area contributed by atoms with E-state index in [4.69, 9.17) is 8.92 Å². The molecule has 3 saturated heterocycles. The first-order valence-corrected chi connectivity index (χ1v) is 14.7. The molecular weight excluding hydrogens is 506 g/mol. The summed E-state index contributed by atoms with van der Waals surface area (Å²) in [6, 6.07) is 6.72. The molecule has 1 amide bonds. The molecule has 10 nitrogen and oxygen atoms in total. The van der Waals surface area contributed by atoms with E-state index in [1.165, 1.54) is 0 Å². The molecule has 1 aromatic carbocycles. The summed E-state index contributed by atoms with van der Waals surface area (Å²) in [5.41, 5.74) is 1.43. The molecular formula is C27H37N5O5S. The predicted molar refractivity (Wildman–Crippen MR) is 144 cm³/mol. The third kappa shape index (κ3) is 6.04. The van der Waals surface area contributed by atoms with Gasteiger partial charge in [0.1, 0.15) is 5.60 Å². The first-order valence-electron chi connectivity index (χ1n) is 13.3. The number of hydrogen-bond donors (Lipinski definition) is 0. The third-order valence-electron chi connectivity index (χ3n) is 7.42. The molecule has 0 aliphatic carbocycles. The molecule has 206 valence electrons. The van der Waals surface area contributed by atoms with E-state index in [2.05, 4.69) is 19.8 Å². The summed E-state index contributed by atoms with van der Waals surface area (Å²) in [5, 5.41) is 0. The Morgan fingerprint density at radius 1 is 0.921 bits per heavy atom. The number of aromatic nitrogens is 2. The zero-order chi connectivity index (χ0) is 27.1. The topological polar surface area (TPSA) is 105 Å². The number of amides is 1. The van der Waals surface area contributed by atoms with E-state index in [1.807, 2.05) is 45.0 Å². The van der Waals surface area contributed by atoms with Crippen molar-refractivity contribution in [3.8, 4) is 0 Å². The van der Waals surface area contributed by atoms with Crippen LogP contribution in [0.25, 0.3) is 0 Å². The maximum atomic E-state index is 12.6. The summed E-state index contributed by atoms with van der Waals surface area (Å²) in [6.07, 6.45) is 4.32. The largest absolute Gasteiger partial charge is 0.444 e.